The van der Waals surface area contributed by atoms with Gasteiger partial charge in [0.15, 0.2) is 0 Å². The average Bonchev–Trinajstić information content (AvgIpc) is 1.00. The van der Waals surface area contributed by atoms with Gasteiger partial charge in [-0.1, -0.05) is 0 Å². The van der Waals surface area contributed by atoms with E-state index in [9.17, 15) is 0 Å². The van der Waals surface area contributed by atoms with Crippen LogP contribution >= 0.6 is 0 Å². The zero-order chi connectivity index (χ0) is 2.00. The van der Waals surface area contributed by atoms with Gasteiger partial charge in [-0.05, 0) is 0 Å². The van der Waals surface area contributed by atoms with Crippen molar-refractivity contribution >= 4 is 0 Å². The Morgan fingerprint density at radius 3 is 1.20 bits per heavy atom. The molecule has 0 N–H and O–H groups in total. The van der Waals surface area contributed by atoms with Crippen molar-refractivity contribution in [2.75, 3.05) is 0 Å². The van der Waals surface area contributed by atoms with E-state index >= 15 is 0 Å². The average molecular weight is 362 g/mol. The van der Waals surface area contributed by atoms with Crippen LogP contribution in [0.5, 0.6) is 0 Å². The summed E-state index contributed by atoms with van der Waals surface area (Å²) in [7, 11) is 0. The molecule has 0 spiro atoms. The minimum atomic E-state index is 0. The molecular weight excluding hydrogens is 359 g/mol. The van der Waals surface area contributed by atoms with Crippen LogP contribution in [-0.4, -0.2) is 0 Å². The molecule has 0 aromatic carbocycles. The second-order valence-corrected chi connectivity index (χ2v) is 0. The Labute approximate surface area is 76.5 Å². The van der Waals surface area contributed by atoms with Gasteiger partial charge in [-0.3, -0.25) is 0 Å². The summed E-state index contributed by atoms with van der Waals surface area (Å²) >= 11 is 2.94. The first-order valence-corrected chi connectivity index (χ1v) is 1.56. The van der Waals surface area contributed by atoms with E-state index in [2.05, 4.69) is 16.0 Å². The molecule has 0 radical (unpaired) electrons. The maximum absolute atomic E-state index is 2.94. The fourth-order valence-electron chi connectivity index (χ4n) is 0. The molecule has 0 fully saturated rings. The normalized spacial score (nSPS) is 1.20. The Morgan fingerprint density at radius 1 is 1.20 bits per heavy atom. The number of hydrogen-bond acceptors (Lipinski definition) is 0. The molecule has 0 aliphatic heterocycles. The quantitative estimate of drug-likeness (QED) is 0.554. The van der Waals surface area contributed by atoms with Crippen molar-refractivity contribution in [2.45, 2.75) is 5.82 Å². The van der Waals surface area contributed by atoms with Crippen molar-refractivity contribution in [3.05, 3.63) is 0 Å². The number of rotatable bonds is 0. The molecule has 0 amide bonds. The van der Waals surface area contributed by atoms with E-state index in [0.29, 0.717) is 0 Å². The maximum Gasteiger partial charge on any atom is 0 e. The van der Waals surface area contributed by atoms with E-state index in [1.54, 1.807) is 0 Å². The molecule has 0 aliphatic carbocycles. The fourth-order valence-corrected chi connectivity index (χ4v) is 0. The predicted molar refractivity (Wildman–Crippen MR) is 5.86 cm³/mol. The molecule has 0 aromatic heterocycles. The first-order valence-electron chi connectivity index (χ1n) is 0.378. The summed E-state index contributed by atoms with van der Waals surface area (Å²) in [4.78, 5) is 0. The van der Waals surface area contributed by atoms with Gasteiger partial charge < -0.3 is 0 Å². The van der Waals surface area contributed by atoms with Crippen molar-refractivity contribution in [3.63, 3.8) is 0 Å². The molecule has 0 nitrogen and oxygen atoms in total. The van der Waals surface area contributed by atoms with Crippen LogP contribution in [0.2, 0.25) is 5.82 Å². The zero-order valence-corrected chi connectivity index (χ0v) is 9.04. The van der Waals surface area contributed by atoms with Gasteiger partial charge in [0.1, 0.15) is 0 Å². The summed E-state index contributed by atoms with van der Waals surface area (Å²) in [6.07, 6.45) is 0. The molecular formula is CH3CrFeMnW. The minimum absolute atomic E-state index is 0. The topological polar surface area (TPSA) is 0 Å². The Balaban J connectivity index is -0.00000000167. The molecule has 0 heterocycles. The van der Waals surface area contributed by atoms with Gasteiger partial charge in [-0.15, -0.1) is 0 Å². The van der Waals surface area contributed by atoms with Crippen LogP contribution in [0.3, 0.4) is 0 Å². The van der Waals surface area contributed by atoms with Crippen LogP contribution in [-0.2, 0) is 71.5 Å². The van der Waals surface area contributed by atoms with Crippen LogP contribution in [0.4, 0.5) is 0 Å². The van der Waals surface area contributed by atoms with Crippen molar-refractivity contribution in [3.8, 4) is 0 Å². The second-order valence-electron chi connectivity index (χ2n) is 0. The van der Waals surface area contributed by atoms with Gasteiger partial charge in [0.2, 0.25) is 0 Å². The molecule has 0 unspecified atom stereocenters. The summed E-state index contributed by atoms with van der Waals surface area (Å²) in [5, 5.41) is 0. The van der Waals surface area contributed by atoms with Crippen molar-refractivity contribution in [1.29, 1.82) is 0 Å². The monoisotopic (exact) mass is 362 g/mol. The molecule has 4 heteroatoms. The summed E-state index contributed by atoms with van der Waals surface area (Å²) < 4.78 is 0. The first-order chi connectivity index (χ1) is 1.00. The minimum Gasteiger partial charge on any atom is 0 e. The van der Waals surface area contributed by atoms with Crippen LogP contribution in [0.1, 0.15) is 0 Å². The first kappa shape index (κ1) is 26.8. The molecule has 0 atom stereocenters. The zero-order valence-electron chi connectivity index (χ0n) is 2.55. The molecule has 34 valence electrons. The van der Waals surface area contributed by atoms with Gasteiger partial charge in [-0.2, -0.15) is 0 Å². The van der Waals surface area contributed by atoms with Crippen molar-refractivity contribution in [1.82, 2.24) is 0 Å². The van der Waals surface area contributed by atoms with Gasteiger partial charge in [0.25, 0.3) is 0 Å². The third-order valence-corrected chi connectivity index (χ3v) is 0. The van der Waals surface area contributed by atoms with E-state index in [1.807, 2.05) is 5.82 Å². The smallest absolute Gasteiger partial charge is 0 e. The Morgan fingerprint density at radius 2 is 1.20 bits per heavy atom. The third kappa shape index (κ3) is 22.2. The largest absolute Gasteiger partial charge is 0 e. The van der Waals surface area contributed by atoms with Crippen molar-refractivity contribution < 1.29 is 71.5 Å². The van der Waals surface area contributed by atoms with Crippen LogP contribution < -0.4 is 0 Å². The van der Waals surface area contributed by atoms with E-state index in [4.69, 9.17) is 0 Å². The van der Waals surface area contributed by atoms with Gasteiger partial charge in [-0.25, -0.2) is 0 Å². The standard InChI is InChI=1S/CH3.Cr.Fe.Mn.W/h1H3;;;;. The SMILES string of the molecule is [CH3][Mn].[Cr].[Fe].[W]. The van der Waals surface area contributed by atoms with Gasteiger partial charge in [0.05, 0.1) is 0 Å². The summed E-state index contributed by atoms with van der Waals surface area (Å²) in [5.74, 6) is 1.81. The molecule has 0 rings (SSSR count). The summed E-state index contributed by atoms with van der Waals surface area (Å²) in [5.41, 5.74) is 0. The molecule has 0 aliphatic rings. The second kappa shape index (κ2) is 33.9. The number of hydrogen-bond donors (Lipinski definition) is 0. The van der Waals surface area contributed by atoms with Crippen molar-refractivity contribution in [2.24, 2.45) is 0 Å². The molecule has 5 heavy (non-hydrogen) atoms. The molecule has 0 saturated heterocycles. The molecule has 0 bridgehead atoms. The van der Waals surface area contributed by atoms with Crippen LogP contribution in [0, 0.1) is 0 Å². The maximum atomic E-state index is 2.94. The Bertz CT molecular complexity index is 11.6. The molecule has 0 aromatic rings. The Kier molecular flexibility index (Phi) is 182. The van der Waals surface area contributed by atoms with E-state index in [1.165, 1.54) is 0 Å². The van der Waals surface area contributed by atoms with E-state index in [-0.39, 0.29) is 55.5 Å². The van der Waals surface area contributed by atoms with E-state index in [0.717, 1.165) is 0 Å². The predicted octanol–water partition coefficient (Wildman–Crippen LogP) is 0.574. The van der Waals surface area contributed by atoms with Crippen LogP contribution in [0.15, 0.2) is 0 Å². The van der Waals surface area contributed by atoms with Crippen LogP contribution in [0.25, 0.3) is 0 Å². The van der Waals surface area contributed by atoms with Gasteiger partial charge >= 0.3 is 21.8 Å². The molecule has 0 saturated carbocycles. The third-order valence-electron chi connectivity index (χ3n) is 0. The van der Waals surface area contributed by atoms with Gasteiger partial charge in [0, 0.05) is 55.5 Å². The Hall–Kier alpha value is 2.26. The summed E-state index contributed by atoms with van der Waals surface area (Å²) in [6, 6.07) is 0. The van der Waals surface area contributed by atoms with E-state index < -0.39 is 0 Å². The summed E-state index contributed by atoms with van der Waals surface area (Å²) in [6.45, 7) is 0. The fraction of sp³-hybridized carbons (Fsp3) is 1.00.